The number of aryl methyl sites for hydroxylation is 2. The smallest absolute Gasteiger partial charge is 0.227 e. The van der Waals surface area contributed by atoms with E-state index in [1.807, 2.05) is 60.7 Å². The van der Waals surface area contributed by atoms with Crippen LogP contribution in [0.15, 0.2) is 66.9 Å². The van der Waals surface area contributed by atoms with Crippen LogP contribution in [0.5, 0.6) is 0 Å². The minimum atomic E-state index is -0.0505. The Hall–Kier alpha value is -3.18. The summed E-state index contributed by atoms with van der Waals surface area (Å²) in [4.78, 5) is 30.9. The fraction of sp³-hybridized carbons (Fsp3) is 0.208. The third-order valence-corrected chi connectivity index (χ3v) is 5.40. The van der Waals surface area contributed by atoms with Crippen LogP contribution >= 0.6 is 11.6 Å². The van der Waals surface area contributed by atoms with Crippen LogP contribution in [0.1, 0.15) is 29.7 Å². The standard InChI is InChI=1S/C24H22ClN3O2/c25-19-7-4-17(5-8-19)16-28-22-11-9-21(15-18(22)6-13-24(28)30)27-23(29)12-10-20-3-1-2-14-26-20/h1-5,7-9,11,14-15H,6,10,12-13,16H2,(H,27,29). The van der Waals surface area contributed by atoms with Crippen molar-refractivity contribution in [3.8, 4) is 0 Å². The van der Waals surface area contributed by atoms with Gasteiger partial charge in [0, 0.05) is 41.1 Å². The number of anilines is 2. The predicted octanol–water partition coefficient (Wildman–Crippen LogP) is 4.79. The molecule has 2 aromatic carbocycles. The maximum absolute atomic E-state index is 12.5. The van der Waals surface area contributed by atoms with Crippen molar-refractivity contribution in [1.82, 2.24) is 4.98 Å². The van der Waals surface area contributed by atoms with Gasteiger partial charge in [-0.05, 0) is 66.4 Å². The number of halogens is 1. The first-order chi connectivity index (χ1) is 14.6. The Morgan fingerprint density at radius 3 is 2.67 bits per heavy atom. The van der Waals surface area contributed by atoms with Gasteiger partial charge in [-0.1, -0.05) is 29.8 Å². The number of nitrogens with zero attached hydrogens (tertiary/aromatic N) is 2. The van der Waals surface area contributed by atoms with Gasteiger partial charge in [-0.2, -0.15) is 0 Å². The van der Waals surface area contributed by atoms with Crippen LogP contribution in [0.4, 0.5) is 11.4 Å². The van der Waals surface area contributed by atoms with Crippen molar-refractivity contribution in [3.05, 3.63) is 88.7 Å². The Morgan fingerprint density at radius 2 is 1.90 bits per heavy atom. The third-order valence-electron chi connectivity index (χ3n) is 5.15. The molecule has 6 heteroatoms. The van der Waals surface area contributed by atoms with E-state index in [1.54, 1.807) is 11.1 Å². The first-order valence-corrected chi connectivity index (χ1v) is 10.3. The van der Waals surface area contributed by atoms with Gasteiger partial charge in [0.25, 0.3) is 0 Å². The molecule has 0 saturated carbocycles. The van der Waals surface area contributed by atoms with Gasteiger partial charge in [0.05, 0.1) is 6.54 Å². The molecule has 0 spiro atoms. The fourth-order valence-corrected chi connectivity index (χ4v) is 3.72. The van der Waals surface area contributed by atoms with Gasteiger partial charge >= 0.3 is 0 Å². The highest BCUT2D eigenvalue weighted by atomic mass is 35.5. The quantitative estimate of drug-likeness (QED) is 0.625. The molecule has 152 valence electrons. The van der Waals surface area contributed by atoms with Gasteiger partial charge in [-0.25, -0.2) is 0 Å². The summed E-state index contributed by atoms with van der Waals surface area (Å²) in [5, 5.41) is 3.63. The first-order valence-electron chi connectivity index (χ1n) is 9.96. The molecule has 2 amide bonds. The van der Waals surface area contributed by atoms with Crippen molar-refractivity contribution in [2.45, 2.75) is 32.2 Å². The Bertz CT molecular complexity index is 1050. The van der Waals surface area contributed by atoms with Gasteiger partial charge in [-0.3, -0.25) is 14.6 Å². The Morgan fingerprint density at radius 1 is 1.07 bits per heavy atom. The van der Waals surface area contributed by atoms with Crippen molar-refractivity contribution in [2.75, 3.05) is 10.2 Å². The minimum Gasteiger partial charge on any atom is -0.326 e. The Balaban J connectivity index is 1.44. The van der Waals surface area contributed by atoms with Crippen molar-refractivity contribution in [1.29, 1.82) is 0 Å². The zero-order valence-electron chi connectivity index (χ0n) is 16.5. The highest BCUT2D eigenvalue weighted by molar-refractivity contribution is 6.30. The summed E-state index contributed by atoms with van der Waals surface area (Å²) in [5.74, 6) is 0.0510. The van der Waals surface area contributed by atoms with Crippen LogP contribution in [0.2, 0.25) is 5.02 Å². The molecule has 0 unspecified atom stereocenters. The summed E-state index contributed by atoms with van der Waals surface area (Å²) in [6.07, 6.45) is 3.82. The number of fused-ring (bicyclic) bond motifs is 1. The second kappa shape index (κ2) is 9.09. The number of benzene rings is 2. The third kappa shape index (κ3) is 4.86. The van der Waals surface area contributed by atoms with Crippen LogP contribution in [0, 0.1) is 0 Å². The molecular formula is C24H22ClN3O2. The molecule has 4 rings (SSSR count). The van der Waals surface area contributed by atoms with Gasteiger partial charge in [0.15, 0.2) is 0 Å². The second-order valence-corrected chi connectivity index (χ2v) is 7.76. The summed E-state index contributed by atoms with van der Waals surface area (Å²) >= 11 is 5.96. The number of hydrogen-bond acceptors (Lipinski definition) is 3. The molecule has 0 bridgehead atoms. The van der Waals surface area contributed by atoms with E-state index >= 15 is 0 Å². The van der Waals surface area contributed by atoms with Gasteiger partial charge < -0.3 is 10.2 Å². The van der Waals surface area contributed by atoms with Crippen LogP contribution in [0.3, 0.4) is 0 Å². The van der Waals surface area contributed by atoms with Crippen molar-refractivity contribution >= 4 is 34.8 Å². The Labute approximate surface area is 180 Å². The van der Waals surface area contributed by atoms with Crippen molar-refractivity contribution in [2.24, 2.45) is 0 Å². The summed E-state index contributed by atoms with van der Waals surface area (Å²) < 4.78 is 0. The van der Waals surface area contributed by atoms with Gasteiger partial charge in [0.1, 0.15) is 0 Å². The molecule has 5 nitrogen and oxygen atoms in total. The van der Waals surface area contributed by atoms with Crippen LogP contribution in [-0.4, -0.2) is 16.8 Å². The lowest BCUT2D eigenvalue weighted by Gasteiger charge is -2.30. The van der Waals surface area contributed by atoms with E-state index in [0.29, 0.717) is 37.3 Å². The second-order valence-electron chi connectivity index (χ2n) is 7.32. The molecule has 1 N–H and O–H groups in total. The average Bonchev–Trinajstić information content (AvgIpc) is 2.76. The number of carbonyl (C=O) groups excluding carboxylic acids is 2. The van der Waals surface area contributed by atoms with Crippen LogP contribution < -0.4 is 10.2 Å². The Kier molecular flexibility index (Phi) is 6.10. The van der Waals surface area contributed by atoms with Crippen molar-refractivity contribution < 1.29 is 9.59 Å². The van der Waals surface area contributed by atoms with E-state index in [4.69, 9.17) is 11.6 Å². The predicted molar refractivity (Wildman–Crippen MR) is 119 cm³/mol. The largest absolute Gasteiger partial charge is 0.326 e. The lowest BCUT2D eigenvalue weighted by molar-refractivity contribution is -0.119. The maximum Gasteiger partial charge on any atom is 0.227 e. The lowest BCUT2D eigenvalue weighted by atomic mass is 9.99. The molecule has 1 aliphatic heterocycles. The summed E-state index contributed by atoms with van der Waals surface area (Å²) in [6, 6.07) is 18.9. The summed E-state index contributed by atoms with van der Waals surface area (Å²) in [7, 11) is 0. The zero-order valence-corrected chi connectivity index (χ0v) is 17.2. The molecule has 0 saturated heterocycles. The lowest BCUT2D eigenvalue weighted by Crippen LogP contribution is -2.34. The maximum atomic E-state index is 12.5. The highest BCUT2D eigenvalue weighted by Gasteiger charge is 2.24. The van der Waals surface area contributed by atoms with E-state index in [9.17, 15) is 9.59 Å². The molecule has 1 aromatic heterocycles. The normalized spacial score (nSPS) is 13.1. The van der Waals surface area contributed by atoms with Crippen LogP contribution in [-0.2, 0) is 29.0 Å². The average molecular weight is 420 g/mol. The molecule has 0 fully saturated rings. The highest BCUT2D eigenvalue weighted by Crippen LogP contribution is 2.31. The molecule has 0 radical (unpaired) electrons. The molecule has 3 aromatic rings. The van der Waals surface area contributed by atoms with Crippen molar-refractivity contribution in [3.63, 3.8) is 0 Å². The minimum absolute atomic E-state index is 0.0505. The van der Waals surface area contributed by atoms with Gasteiger partial charge in [-0.15, -0.1) is 0 Å². The summed E-state index contributed by atoms with van der Waals surface area (Å²) in [5.41, 5.74) is 4.63. The van der Waals surface area contributed by atoms with E-state index in [2.05, 4.69) is 10.3 Å². The topological polar surface area (TPSA) is 62.3 Å². The summed E-state index contributed by atoms with van der Waals surface area (Å²) in [6.45, 7) is 0.499. The van der Waals surface area contributed by atoms with E-state index in [-0.39, 0.29) is 11.8 Å². The number of hydrogen-bond donors (Lipinski definition) is 1. The van der Waals surface area contributed by atoms with E-state index in [0.717, 1.165) is 28.2 Å². The number of rotatable bonds is 6. The van der Waals surface area contributed by atoms with E-state index in [1.165, 1.54) is 0 Å². The van der Waals surface area contributed by atoms with Crippen LogP contribution in [0.25, 0.3) is 0 Å². The van der Waals surface area contributed by atoms with E-state index < -0.39 is 0 Å². The van der Waals surface area contributed by atoms with Gasteiger partial charge in [0.2, 0.25) is 11.8 Å². The monoisotopic (exact) mass is 419 g/mol. The zero-order chi connectivity index (χ0) is 20.9. The molecule has 1 aliphatic rings. The SMILES string of the molecule is O=C(CCc1ccccn1)Nc1ccc2c(c1)CCC(=O)N2Cc1ccc(Cl)cc1. The number of nitrogens with one attached hydrogen (secondary N) is 1. The number of carbonyl (C=O) groups is 2. The number of aromatic nitrogens is 1. The fourth-order valence-electron chi connectivity index (χ4n) is 3.59. The molecule has 30 heavy (non-hydrogen) atoms. The molecule has 2 heterocycles. The molecule has 0 atom stereocenters. The first kappa shape index (κ1) is 20.1. The number of pyridine rings is 1. The molecular weight excluding hydrogens is 398 g/mol. The number of amides is 2. The molecule has 0 aliphatic carbocycles.